The molecule has 1 amide bonds. The van der Waals surface area contributed by atoms with Crippen molar-refractivity contribution in [1.82, 2.24) is 24.3 Å². The molecular weight excluding hydrogens is 388 g/mol. The molecule has 0 spiro atoms. The second kappa shape index (κ2) is 8.80. The molecule has 0 saturated carbocycles. The topological polar surface area (TPSA) is 78.0 Å². The fraction of sp³-hybridized carbons (Fsp3) is 0.583. The molecule has 0 aromatic carbocycles. The lowest BCUT2D eigenvalue weighted by molar-refractivity contribution is -0.127. The van der Waals surface area contributed by atoms with Gasteiger partial charge >= 0.3 is 0 Å². The summed E-state index contributed by atoms with van der Waals surface area (Å²) in [7, 11) is 2.15. The van der Waals surface area contributed by atoms with E-state index in [2.05, 4.69) is 41.8 Å². The van der Waals surface area contributed by atoms with Gasteiger partial charge in [0.2, 0.25) is 0 Å². The fourth-order valence-corrected chi connectivity index (χ4v) is 5.18. The molecule has 2 aliphatic rings. The van der Waals surface area contributed by atoms with E-state index >= 15 is 0 Å². The van der Waals surface area contributed by atoms with Crippen molar-refractivity contribution < 1.29 is 4.79 Å². The number of carbonyl (C=O) groups excluding carboxylic acids is 1. The van der Waals surface area contributed by atoms with Gasteiger partial charge in [0, 0.05) is 24.7 Å². The van der Waals surface area contributed by atoms with E-state index < -0.39 is 0 Å². The largest absolute Gasteiger partial charge is 0.338 e. The molecule has 2 fully saturated rings. The average molecular weight is 421 g/mol. The van der Waals surface area contributed by atoms with E-state index in [-0.39, 0.29) is 16.9 Å². The Morgan fingerprint density at radius 1 is 1.16 bits per heavy atom. The van der Waals surface area contributed by atoms with Crippen LogP contribution in [0.1, 0.15) is 46.0 Å². The van der Waals surface area contributed by atoms with Gasteiger partial charge in [-0.1, -0.05) is 13.8 Å². The molecule has 4 rings (SSSR count). The molecule has 0 bridgehead atoms. The number of fused-ring (bicyclic) bond motifs is 1. The highest BCUT2D eigenvalue weighted by Crippen LogP contribution is 2.45. The Morgan fingerprint density at radius 2 is 1.87 bits per heavy atom. The fourth-order valence-electron chi connectivity index (χ4n) is 5.18. The highest BCUT2D eigenvalue weighted by molar-refractivity contribution is 6.04. The molecule has 2 aromatic rings. The molecule has 0 aliphatic carbocycles. The summed E-state index contributed by atoms with van der Waals surface area (Å²) >= 11 is 0. The average Bonchev–Trinajstić information content (AvgIpc) is 3.21. The van der Waals surface area contributed by atoms with Crippen molar-refractivity contribution in [2.45, 2.75) is 46.0 Å². The zero-order valence-corrected chi connectivity index (χ0v) is 18.8. The van der Waals surface area contributed by atoms with Crippen LogP contribution in [-0.2, 0) is 4.79 Å². The van der Waals surface area contributed by atoms with Crippen LogP contribution in [0.5, 0.6) is 0 Å². The number of hydrogen-bond donors (Lipinski definition) is 0. The lowest BCUT2D eigenvalue weighted by atomic mass is 9.70. The van der Waals surface area contributed by atoms with E-state index in [1.165, 1.54) is 0 Å². The van der Waals surface area contributed by atoms with E-state index in [0.717, 1.165) is 75.0 Å². The minimum absolute atomic E-state index is 0.144. The summed E-state index contributed by atoms with van der Waals surface area (Å²) in [5, 5.41) is 10.3. The first-order valence-electron chi connectivity index (χ1n) is 11.3. The Bertz CT molecular complexity index is 1020. The third kappa shape index (κ3) is 4.09. The summed E-state index contributed by atoms with van der Waals surface area (Å²) in [5.74, 6) is 0.226. The number of nitriles is 1. The molecule has 2 aromatic heterocycles. The number of imidazole rings is 1. The van der Waals surface area contributed by atoms with Crippen LogP contribution in [0.2, 0.25) is 0 Å². The molecule has 2 aliphatic heterocycles. The maximum absolute atomic E-state index is 13.6. The third-order valence-electron chi connectivity index (χ3n) is 7.15. The number of allylic oxidation sites excluding steroid dienone is 1. The van der Waals surface area contributed by atoms with Crippen LogP contribution in [0.4, 0.5) is 0 Å². The summed E-state index contributed by atoms with van der Waals surface area (Å²) in [6.45, 7) is 7.87. The number of carbonyl (C=O) groups is 1. The number of piperidine rings is 2. The number of rotatable bonds is 4. The lowest BCUT2D eigenvalue weighted by Gasteiger charge is -2.42. The van der Waals surface area contributed by atoms with E-state index in [1.54, 1.807) is 18.7 Å². The standard InChI is InChI=1S/C24H32N6O/c1-24(2,18-8-13-28(3)14-9-18)22(30-17-27-20-16-26-10-7-21(20)30)19(15-25)23(31)29-11-5-4-6-12-29/h7,10,16-18H,4-6,8-9,11-14H2,1-3H3. The number of nitrogens with zero attached hydrogens (tertiary/aromatic N) is 6. The van der Waals surface area contributed by atoms with E-state index in [0.29, 0.717) is 5.92 Å². The first-order chi connectivity index (χ1) is 14.9. The normalized spacial score (nSPS) is 19.9. The summed E-state index contributed by atoms with van der Waals surface area (Å²) < 4.78 is 1.97. The number of pyridine rings is 1. The van der Waals surface area contributed by atoms with E-state index in [9.17, 15) is 10.1 Å². The predicted octanol–water partition coefficient (Wildman–Crippen LogP) is 3.55. The van der Waals surface area contributed by atoms with Gasteiger partial charge in [-0.15, -0.1) is 0 Å². The Morgan fingerprint density at radius 3 is 2.55 bits per heavy atom. The van der Waals surface area contributed by atoms with Gasteiger partial charge in [-0.25, -0.2) is 4.98 Å². The number of amides is 1. The van der Waals surface area contributed by atoms with Crippen LogP contribution >= 0.6 is 0 Å². The van der Waals surface area contributed by atoms with E-state index in [1.807, 2.05) is 15.5 Å². The zero-order chi connectivity index (χ0) is 22.0. The number of hydrogen-bond acceptors (Lipinski definition) is 5. The SMILES string of the molecule is CN1CCC(C(C)(C)C(=C(C#N)C(=O)N2CCCCC2)n2cnc3cnccc32)CC1. The van der Waals surface area contributed by atoms with Gasteiger partial charge in [0.1, 0.15) is 23.5 Å². The van der Waals surface area contributed by atoms with Crippen molar-refractivity contribution in [3.63, 3.8) is 0 Å². The second-order valence-electron chi connectivity index (χ2n) is 9.47. The summed E-state index contributed by atoms with van der Waals surface area (Å²) in [6, 6.07) is 4.23. The van der Waals surface area contributed by atoms with Crippen LogP contribution in [0.15, 0.2) is 30.4 Å². The Kier molecular flexibility index (Phi) is 6.10. The third-order valence-corrected chi connectivity index (χ3v) is 7.15. The molecule has 0 atom stereocenters. The zero-order valence-electron chi connectivity index (χ0n) is 18.8. The predicted molar refractivity (Wildman–Crippen MR) is 121 cm³/mol. The molecule has 7 heteroatoms. The van der Waals surface area contributed by atoms with Crippen LogP contribution in [0.25, 0.3) is 16.7 Å². The van der Waals surface area contributed by atoms with Gasteiger partial charge < -0.3 is 14.4 Å². The summed E-state index contributed by atoms with van der Waals surface area (Å²) in [4.78, 5) is 26.5. The molecule has 7 nitrogen and oxygen atoms in total. The van der Waals surface area contributed by atoms with E-state index in [4.69, 9.17) is 0 Å². The lowest BCUT2D eigenvalue weighted by Crippen LogP contribution is -2.41. The number of likely N-dealkylation sites (tertiary alicyclic amines) is 2. The first kappa shape index (κ1) is 21.5. The first-order valence-corrected chi connectivity index (χ1v) is 11.3. The monoisotopic (exact) mass is 420 g/mol. The van der Waals surface area contributed by atoms with Crippen LogP contribution in [-0.4, -0.2) is 63.5 Å². The Hall–Kier alpha value is -2.72. The minimum atomic E-state index is -0.366. The highest BCUT2D eigenvalue weighted by Gasteiger charge is 2.40. The minimum Gasteiger partial charge on any atom is -0.338 e. The number of aromatic nitrogens is 3. The molecule has 2 saturated heterocycles. The van der Waals surface area contributed by atoms with Crippen LogP contribution in [0, 0.1) is 22.7 Å². The summed E-state index contributed by atoms with van der Waals surface area (Å²) in [5.41, 5.74) is 2.30. The molecule has 0 N–H and O–H groups in total. The van der Waals surface area contributed by atoms with Crippen molar-refractivity contribution in [3.8, 4) is 6.07 Å². The maximum atomic E-state index is 13.6. The van der Waals surface area contributed by atoms with Crippen molar-refractivity contribution in [2.24, 2.45) is 11.3 Å². The van der Waals surface area contributed by atoms with Crippen LogP contribution < -0.4 is 0 Å². The highest BCUT2D eigenvalue weighted by atomic mass is 16.2. The summed E-state index contributed by atoms with van der Waals surface area (Å²) in [6.07, 6.45) is 10.4. The molecule has 164 valence electrons. The molecule has 0 unspecified atom stereocenters. The van der Waals surface area contributed by atoms with Gasteiger partial charge in [-0.3, -0.25) is 9.78 Å². The molecule has 4 heterocycles. The molecular formula is C24H32N6O. The Balaban J connectivity index is 1.87. The quantitative estimate of drug-likeness (QED) is 0.558. The van der Waals surface area contributed by atoms with Gasteiger partial charge in [-0.2, -0.15) is 5.26 Å². The van der Waals surface area contributed by atoms with Gasteiger partial charge in [-0.05, 0) is 64.2 Å². The molecule has 0 radical (unpaired) electrons. The van der Waals surface area contributed by atoms with Gasteiger partial charge in [0.05, 0.1) is 17.4 Å². The van der Waals surface area contributed by atoms with Crippen molar-refractivity contribution in [3.05, 3.63) is 30.4 Å². The smallest absolute Gasteiger partial charge is 0.266 e. The Labute approximate surface area is 184 Å². The molecule has 31 heavy (non-hydrogen) atoms. The second-order valence-corrected chi connectivity index (χ2v) is 9.47. The van der Waals surface area contributed by atoms with Gasteiger partial charge in [0.25, 0.3) is 5.91 Å². The van der Waals surface area contributed by atoms with Gasteiger partial charge in [0.15, 0.2) is 0 Å². The maximum Gasteiger partial charge on any atom is 0.266 e. The van der Waals surface area contributed by atoms with Crippen molar-refractivity contribution in [2.75, 3.05) is 33.2 Å². The van der Waals surface area contributed by atoms with Crippen LogP contribution in [0.3, 0.4) is 0 Å². The van der Waals surface area contributed by atoms with Crippen molar-refractivity contribution >= 4 is 22.6 Å². The van der Waals surface area contributed by atoms with Crippen molar-refractivity contribution in [1.29, 1.82) is 5.26 Å².